The van der Waals surface area contributed by atoms with E-state index in [1.54, 1.807) is 0 Å². The summed E-state index contributed by atoms with van der Waals surface area (Å²) in [4.78, 5) is 0. The second-order valence-electron chi connectivity index (χ2n) is 6.92. The molecule has 0 aromatic heterocycles. The average Bonchev–Trinajstić information content (AvgIpc) is 2.98. The van der Waals surface area contributed by atoms with Crippen LogP contribution in [0.5, 0.6) is 0 Å². The van der Waals surface area contributed by atoms with Gasteiger partial charge in [0.25, 0.3) is 0 Å². The highest BCUT2D eigenvalue weighted by Crippen LogP contribution is 2.39. The van der Waals surface area contributed by atoms with Gasteiger partial charge in [-0.15, -0.1) is 0 Å². The van der Waals surface area contributed by atoms with E-state index in [2.05, 4.69) is 87.5 Å². The van der Waals surface area contributed by atoms with Gasteiger partial charge in [-0.05, 0) is 72.2 Å². The molecule has 0 radical (unpaired) electrons. The maximum Gasteiger partial charge on any atom is -0.00134 e. The first kappa shape index (κ1) is 15.0. The van der Waals surface area contributed by atoms with Crippen molar-refractivity contribution in [3.8, 4) is 11.1 Å². The molecule has 1 aliphatic carbocycles. The molecule has 0 N–H and O–H groups in total. The zero-order chi connectivity index (χ0) is 16.7. The number of aryl methyl sites for hydroxylation is 3. The molecular weight excluding hydrogens is 288 g/mol. The van der Waals surface area contributed by atoms with E-state index < -0.39 is 0 Å². The van der Waals surface area contributed by atoms with E-state index in [0.29, 0.717) is 0 Å². The van der Waals surface area contributed by atoms with Crippen LogP contribution >= 0.6 is 0 Å². The highest BCUT2D eigenvalue weighted by atomic mass is 14.2. The lowest BCUT2D eigenvalue weighted by atomic mass is 9.91. The van der Waals surface area contributed by atoms with Crippen LogP contribution in [0.2, 0.25) is 0 Å². The minimum atomic E-state index is 1.03. The van der Waals surface area contributed by atoms with E-state index in [9.17, 15) is 0 Å². The van der Waals surface area contributed by atoms with Crippen molar-refractivity contribution in [1.29, 1.82) is 0 Å². The minimum Gasteiger partial charge on any atom is -0.0622 e. The smallest absolute Gasteiger partial charge is 0.00134 e. The van der Waals surface area contributed by atoms with Gasteiger partial charge in [0.1, 0.15) is 0 Å². The average molecular weight is 310 g/mol. The van der Waals surface area contributed by atoms with Gasteiger partial charge in [0.15, 0.2) is 0 Å². The van der Waals surface area contributed by atoms with Gasteiger partial charge in [0.2, 0.25) is 0 Å². The molecule has 3 aromatic carbocycles. The van der Waals surface area contributed by atoms with Crippen LogP contribution in [-0.2, 0) is 6.42 Å². The van der Waals surface area contributed by atoms with Crippen molar-refractivity contribution in [3.63, 3.8) is 0 Å². The van der Waals surface area contributed by atoms with Crippen LogP contribution in [0.25, 0.3) is 22.8 Å². The van der Waals surface area contributed by atoms with Crippen LogP contribution in [0.3, 0.4) is 0 Å². The molecule has 0 amide bonds. The molecule has 0 nitrogen and oxygen atoms in total. The third kappa shape index (κ3) is 2.59. The molecule has 118 valence electrons. The van der Waals surface area contributed by atoms with Gasteiger partial charge < -0.3 is 0 Å². The predicted molar refractivity (Wildman–Crippen MR) is 104 cm³/mol. The molecular formula is C24H22. The monoisotopic (exact) mass is 310 g/mol. The molecule has 4 rings (SSSR count). The van der Waals surface area contributed by atoms with Crippen molar-refractivity contribution in [2.45, 2.75) is 27.2 Å². The van der Waals surface area contributed by atoms with Gasteiger partial charge in [0, 0.05) is 0 Å². The van der Waals surface area contributed by atoms with E-state index in [1.807, 2.05) is 0 Å². The van der Waals surface area contributed by atoms with E-state index in [4.69, 9.17) is 0 Å². The largest absolute Gasteiger partial charge is 0.0622 e. The topological polar surface area (TPSA) is 0 Å². The molecule has 24 heavy (non-hydrogen) atoms. The molecule has 0 saturated heterocycles. The van der Waals surface area contributed by atoms with E-state index >= 15 is 0 Å². The fraction of sp³-hybridized carbons (Fsp3) is 0.167. The number of hydrogen-bond acceptors (Lipinski definition) is 0. The number of fused-ring (bicyclic) bond motifs is 1. The Morgan fingerprint density at radius 2 is 1.42 bits per heavy atom. The Labute approximate surface area is 144 Å². The van der Waals surface area contributed by atoms with Gasteiger partial charge in [0.05, 0.1) is 0 Å². The first-order chi connectivity index (χ1) is 11.6. The molecule has 1 aliphatic rings. The summed E-state index contributed by atoms with van der Waals surface area (Å²) >= 11 is 0. The fourth-order valence-electron chi connectivity index (χ4n) is 3.86. The second kappa shape index (κ2) is 5.79. The molecule has 3 aromatic rings. The van der Waals surface area contributed by atoms with Crippen LogP contribution in [0, 0.1) is 20.8 Å². The summed E-state index contributed by atoms with van der Waals surface area (Å²) in [5, 5.41) is 0. The lowest BCUT2D eigenvalue weighted by molar-refractivity contribution is 1.29. The molecule has 0 bridgehead atoms. The van der Waals surface area contributed by atoms with Crippen LogP contribution in [0.15, 0.2) is 60.7 Å². The maximum absolute atomic E-state index is 2.39. The van der Waals surface area contributed by atoms with Gasteiger partial charge in [-0.25, -0.2) is 0 Å². The summed E-state index contributed by atoms with van der Waals surface area (Å²) < 4.78 is 0. The first-order valence-electron chi connectivity index (χ1n) is 8.59. The van der Waals surface area contributed by atoms with Crippen molar-refractivity contribution in [3.05, 3.63) is 94.0 Å². The second-order valence-corrected chi connectivity index (χ2v) is 6.92. The van der Waals surface area contributed by atoms with Crippen LogP contribution < -0.4 is 0 Å². The Bertz CT molecular complexity index is 923. The van der Waals surface area contributed by atoms with Crippen LogP contribution in [0.4, 0.5) is 0 Å². The zero-order valence-electron chi connectivity index (χ0n) is 14.6. The van der Waals surface area contributed by atoms with Gasteiger partial charge in [-0.1, -0.05) is 71.8 Å². The SMILES string of the molecule is Cc1cc(C)cc(-c2c(C)ccc3c2C=C(c2ccccc2)C3)c1. The van der Waals surface area contributed by atoms with Gasteiger partial charge in [-0.2, -0.15) is 0 Å². The summed E-state index contributed by atoms with van der Waals surface area (Å²) in [6.45, 7) is 6.59. The van der Waals surface area contributed by atoms with E-state index in [0.717, 1.165) is 6.42 Å². The Balaban J connectivity index is 1.89. The molecule has 0 heterocycles. The summed E-state index contributed by atoms with van der Waals surface area (Å²) in [7, 11) is 0. The summed E-state index contributed by atoms with van der Waals surface area (Å²) in [6, 6.07) is 22.2. The van der Waals surface area contributed by atoms with E-state index in [1.165, 1.54) is 50.1 Å². The third-order valence-electron chi connectivity index (χ3n) is 4.90. The van der Waals surface area contributed by atoms with Crippen molar-refractivity contribution >= 4 is 11.6 Å². The van der Waals surface area contributed by atoms with Crippen molar-refractivity contribution in [2.75, 3.05) is 0 Å². The molecule has 0 unspecified atom stereocenters. The lowest BCUT2D eigenvalue weighted by Crippen LogP contribution is -1.92. The number of rotatable bonds is 2. The molecule has 0 fully saturated rings. The molecule has 0 saturated carbocycles. The Hall–Kier alpha value is -2.60. The van der Waals surface area contributed by atoms with Gasteiger partial charge in [-0.3, -0.25) is 0 Å². The van der Waals surface area contributed by atoms with Crippen molar-refractivity contribution in [2.24, 2.45) is 0 Å². The standard InChI is InChI=1S/C24H22/c1-16-11-17(2)13-22(12-16)24-18(3)9-10-20-14-21(15-23(20)24)19-7-5-4-6-8-19/h4-13,15H,14H2,1-3H3. The number of hydrogen-bond donors (Lipinski definition) is 0. The third-order valence-corrected chi connectivity index (χ3v) is 4.90. The van der Waals surface area contributed by atoms with E-state index in [-0.39, 0.29) is 0 Å². The molecule has 0 aliphatic heterocycles. The first-order valence-corrected chi connectivity index (χ1v) is 8.59. The zero-order valence-corrected chi connectivity index (χ0v) is 14.6. The Kier molecular flexibility index (Phi) is 3.61. The molecule has 0 atom stereocenters. The molecule has 0 heteroatoms. The van der Waals surface area contributed by atoms with Crippen molar-refractivity contribution in [1.82, 2.24) is 0 Å². The highest BCUT2D eigenvalue weighted by molar-refractivity contribution is 5.94. The minimum absolute atomic E-state index is 1.03. The lowest BCUT2D eigenvalue weighted by Gasteiger charge is -2.13. The predicted octanol–water partition coefficient (Wildman–Crippen LogP) is 6.38. The normalized spacial score (nSPS) is 12.9. The molecule has 0 spiro atoms. The van der Waals surface area contributed by atoms with Crippen molar-refractivity contribution < 1.29 is 0 Å². The maximum atomic E-state index is 2.39. The summed E-state index contributed by atoms with van der Waals surface area (Å²) in [6.07, 6.45) is 3.42. The Morgan fingerprint density at radius 3 is 2.12 bits per heavy atom. The number of benzene rings is 3. The Morgan fingerprint density at radius 1 is 0.708 bits per heavy atom. The summed E-state index contributed by atoms with van der Waals surface area (Å²) in [5.74, 6) is 0. The number of allylic oxidation sites excluding steroid dienone is 1. The van der Waals surface area contributed by atoms with Gasteiger partial charge >= 0.3 is 0 Å². The van der Waals surface area contributed by atoms with Crippen LogP contribution in [0.1, 0.15) is 33.4 Å². The van der Waals surface area contributed by atoms with Crippen LogP contribution in [-0.4, -0.2) is 0 Å². The highest BCUT2D eigenvalue weighted by Gasteiger charge is 2.19. The quantitative estimate of drug-likeness (QED) is 0.515. The fourth-order valence-corrected chi connectivity index (χ4v) is 3.86. The summed E-state index contributed by atoms with van der Waals surface area (Å²) in [5.41, 5.74) is 12.3.